The molecule has 1 aliphatic carbocycles. The molecule has 0 spiro atoms. The van der Waals surface area contributed by atoms with Gasteiger partial charge in [-0.25, -0.2) is 0 Å². The Morgan fingerprint density at radius 1 is 1.21 bits per heavy atom. The van der Waals surface area contributed by atoms with Gasteiger partial charge < -0.3 is 25.6 Å². The van der Waals surface area contributed by atoms with Crippen molar-refractivity contribution in [1.82, 2.24) is 15.2 Å². The van der Waals surface area contributed by atoms with Crippen LogP contribution < -0.4 is 16.2 Å². The van der Waals surface area contributed by atoms with Gasteiger partial charge in [-0.1, -0.05) is 11.6 Å². The molecular weight excluding hydrogens is 452 g/mol. The van der Waals surface area contributed by atoms with Gasteiger partial charge in [0.15, 0.2) is 0 Å². The van der Waals surface area contributed by atoms with Crippen molar-refractivity contribution in [3.63, 3.8) is 0 Å². The van der Waals surface area contributed by atoms with E-state index in [0.29, 0.717) is 39.4 Å². The van der Waals surface area contributed by atoms with Crippen LogP contribution in [0.25, 0.3) is 0 Å². The summed E-state index contributed by atoms with van der Waals surface area (Å²) >= 11 is 6.38. The van der Waals surface area contributed by atoms with Crippen molar-refractivity contribution >= 4 is 23.2 Å². The Bertz CT molecular complexity index is 1070. The molecular formula is C26H37ClN4O3. The zero-order valence-electron chi connectivity index (χ0n) is 20.8. The number of pyridine rings is 1. The summed E-state index contributed by atoms with van der Waals surface area (Å²) < 4.78 is 0. The number of halogens is 1. The predicted octanol–water partition coefficient (Wildman–Crippen LogP) is 3.99. The minimum Gasteiger partial charge on any atom is -0.392 e. The monoisotopic (exact) mass is 488 g/mol. The molecule has 1 atom stereocenters. The van der Waals surface area contributed by atoms with E-state index in [1.54, 1.807) is 19.1 Å². The van der Waals surface area contributed by atoms with Crippen LogP contribution in [0.5, 0.6) is 0 Å². The maximum atomic E-state index is 13.0. The number of aromatic amines is 1. The predicted molar refractivity (Wildman–Crippen MR) is 138 cm³/mol. The molecule has 0 aliphatic heterocycles. The minimum absolute atomic E-state index is 0.0184. The average Bonchev–Trinajstić information content (AvgIpc) is 2.79. The van der Waals surface area contributed by atoms with Gasteiger partial charge in [-0.3, -0.25) is 9.59 Å². The molecule has 1 fully saturated rings. The van der Waals surface area contributed by atoms with E-state index in [4.69, 9.17) is 11.6 Å². The van der Waals surface area contributed by atoms with E-state index in [0.717, 1.165) is 11.3 Å². The average molecular weight is 489 g/mol. The van der Waals surface area contributed by atoms with Crippen LogP contribution in [-0.4, -0.2) is 47.1 Å². The maximum Gasteiger partial charge on any atom is 0.253 e. The first kappa shape index (κ1) is 26.3. The van der Waals surface area contributed by atoms with Gasteiger partial charge in [0.05, 0.1) is 6.61 Å². The van der Waals surface area contributed by atoms with Crippen molar-refractivity contribution in [2.24, 2.45) is 5.92 Å². The van der Waals surface area contributed by atoms with Gasteiger partial charge in [0, 0.05) is 46.2 Å². The molecule has 7 nitrogen and oxygen atoms in total. The molecule has 186 valence electrons. The van der Waals surface area contributed by atoms with Crippen molar-refractivity contribution in [2.45, 2.75) is 71.7 Å². The quantitative estimate of drug-likeness (QED) is 0.450. The molecule has 34 heavy (non-hydrogen) atoms. The molecule has 1 amide bonds. The van der Waals surface area contributed by atoms with E-state index in [1.807, 2.05) is 13.0 Å². The Kier molecular flexibility index (Phi) is 8.79. The lowest BCUT2D eigenvalue weighted by Crippen LogP contribution is -2.36. The summed E-state index contributed by atoms with van der Waals surface area (Å²) in [6, 6.07) is 6.14. The number of anilines is 1. The van der Waals surface area contributed by atoms with Crippen molar-refractivity contribution in [3.05, 3.63) is 61.5 Å². The summed E-state index contributed by atoms with van der Waals surface area (Å²) in [5.41, 5.74) is 3.33. The summed E-state index contributed by atoms with van der Waals surface area (Å²) in [4.78, 5) is 30.4. The van der Waals surface area contributed by atoms with Crippen LogP contribution in [0.3, 0.4) is 0 Å². The van der Waals surface area contributed by atoms with Crippen LogP contribution in [0, 0.1) is 19.8 Å². The zero-order chi connectivity index (χ0) is 25.0. The third-order valence-electron chi connectivity index (χ3n) is 7.14. The topological polar surface area (TPSA) is 97.5 Å². The Balaban J connectivity index is 1.71. The molecule has 1 aliphatic rings. The van der Waals surface area contributed by atoms with Gasteiger partial charge in [0.2, 0.25) is 0 Å². The zero-order valence-corrected chi connectivity index (χ0v) is 21.6. The first-order valence-electron chi connectivity index (χ1n) is 11.9. The number of aliphatic hydroxyl groups is 1. The van der Waals surface area contributed by atoms with Crippen LogP contribution >= 0.6 is 11.6 Å². The number of amides is 1. The summed E-state index contributed by atoms with van der Waals surface area (Å²) in [7, 11) is 4.29. The Morgan fingerprint density at radius 3 is 2.50 bits per heavy atom. The number of rotatable bonds is 8. The van der Waals surface area contributed by atoms with E-state index in [2.05, 4.69) is 41.5 Å². The van der Waals surface area contributed by atoms with Gasteiger partial charge in [-0.05, 0) is 95.8 Å². The van der Waals surface area contributed by atoms with E-state index in [9.17, 15) is 14.7 Å². The third kappa shape index (κ3) is 6.20. The fraction of sp³-hybridized carbons (Fsp3) is 0.538. The molecule has 1 aromatic heterocycles. The van der Waals surface area contributed by atoms with Crippen molar-refractivity contribution in [3.8, 4) is 0 Å². The molecule has 2 aromatic rings. The third-order valence-corrected chi connectivity index (χ3v) is 7.36. The molecule has 8 heteroatoms. The lowest BCUT2D eigenvalue weighted by molar-refractivity contribution is 0.0950. The van der Waals surface area contributed by atoms with Gasteiger partial charge in [0.1, 0.15) is 0 Å². The summed E-state index contributed by atoms with van der Waals surface area (Å²) in [5.74, 6) is 0.253. The number of nitrogens with zero attached hydrogens (tertiary/aromatic N) is 1. The molecule has 0 bridgehead atoms. The van der Waals surface area contributed by atoms with Gasteiger partial charge in [-0.2, -0.15) is 0 Å². The smallest absolute Gasteiger partial charge is 0.253 e. The van der Waals surface area contributed by atoms with E-state index < -0.39 is 0 Å². The Labute approximate surface area is 206 Å². The summed E-state index contributed by atoms with van der Waals surface area (Å²) in [6.07, 6.45) is 4.73. The number of carbonyl (C=O) groups is 1. The number of aliphatic hydroxyl groups excluding tert-OH is 1. The number of H-pyrrole nitrogens is 1. The van der Waals surface area contributed by atoms with E-state index in [1.165, 1.54) is 25.7 Å². The van der Waals surface area contributed by atoms with Crippen LogP contribution in [0.15, 0.2) is 23.0 Å². The Hall–Kier alpha value is -2.35. The van der Waals surface area contributed by atoms with Crippen molar-refractivity contribution in [1.29, 1.82) is 0 Å². The first-order valence-corrected chi connectivity index (χ1v) is 12.3. The van der Waals surface area contributed by atoms with E-state index >= 15 is 0 Å². The molecule has 1 saturated carbocycles. The number of aromatic nitrogens is 1. The molecule has 1 heterocycles. The second kappa shape index (κ2) is 11.4. The molecule has 3 rings (SSSR count). The van der Waals surface area contributed by atoms with Crippen molar-refractivity contribution in [2.75, 3.05) is 19.4 Å². The van der Waals surface area contributed by atoms with Crippen LogP contribution in [0.1, 0.15) is 65.3 Å². The number of aryl methyl sites for hydroxylation is 1. The molecule has 1 aromatic carbocycles. The second-order valence-corrected chi connectivity index (χ2v) is 10.2. The van der Waals surface area contributed by atoms with Crippen LogP contribution in [-0.2, 0) is 13.2 Å². The second-order valence-electron chi connectivity index (χ2n) is 9.72. The lowest BCUT2D eigenvalue weighted by Gasteiger charge is -2.36. The summed E-state index contributed by atoms with van der Waals surface area (Å²) in [6.45, 7) is 5.60. The van der Waals surface area contributed by atoms with Gasteiger partial charge in [0.25, 0.3) is 11.5 Å². The number of hydrogen-bond donors (Lipinski definition) is 4. The minimum atomic E-state index is -0.314. The SMILES string of the molecule is Cc1cc(CO)c(CNC(=O)c2cc(Cl)cc(NC(C)[C@H]3CC[C@H](N(C)C)CC3)c2C)c(=O)[nH]1. The van der Waals surface area contributed by atoms with Crippen molar-refractivity contribution < 1.29 is 9.90 Å². The van der Waals surface area contributed by atoms with Gasteiger partial charge >= 0.3 is 0 Å². The number of carbonyl (C=O) groups excluding carboxylic acids is 1. The highest BCUT2D eigenvalue weighted by Gasteiger charge is 2.27. The Morgan fingerprint density at radius 2 is 1.88 bits per heavy atom. The highest BCUT2D eigenvalue weighted by Crippen LogP contribution is 2.32. The standard InChI is InChI=1S/C26H37ClN4O3/c1-15-10-19(14-32)23(26(34)29-15)13-28-25(33)22-11-20(27)12-24(16(22)2)30-17(3)18-6-8-21(9-7-18)31(4)5/h10-12,17-18,21,30,32H,6-9,13-14H2,1-5H3,(H,28,33)(H,29,34)/t17?,18-,21-. The fourth-order valence-electron chi connectivity index (χ4n) is 4.93. The first-order chi connectivity index (χ1) is 16.1. The van der Waals surface area contributed by atoms with Gasteiger partial charge in [-0.15, -0.1) is 0 Å². The number of hydrogen-bond acceptors (Lipinski definition) is 5. The lowest BCUT2D eigenvalue weighted by atomic mass is 9.81. The maximum absolute atomic E-state index is 13.0. The number of nitrogens with one attached hydrogen (secondary N) is 3. The van der Waals surface area contributed by atoms with E-state index in [-0.39, 0.29) is 30.7 Å². The molecule has 0 radical (unpaired) electrons. The highest BCUT2D eigenvalue weighted by molar-refractivity contribution is 6.31. The highest BCUT2D eigenvalue weighted by atomic mass is 35.5. The van der Waals surface area contributed by atoms with Crippen LogP contribution in [0.2, 0.25) is 5.02 Å². The summed E-state index contributed by atoms with van der Waals surface area (Å²) in [5, 5.41) is 16.5. The molecule has 0 saturated heterocycles. The fourth-order valence-corrected chi connectivity index (χ4v) is 5.15. The molecule has 4 N–H and O–H groups in total. The largest absolute Gasteiger partial charge is 0.392 e. The number of benzene rings is 1. The molecule has 1 unspecified atom stereocenters. The van der Waals surface area contributed by atoms with Crippen LogP contribution in [0.4, 0.5) is 5.69 Å². The normalized spacial score (nSPS) is 19.2.